The SMILES string of the molecule is O=C1CC(c2ccccc2)Cc2nc(N3CCN(Cc4ccc5c(c4)OCO5)CC3)ncc21. The molecule has 0 N–H and O–H groups in total. The van der Waals surface area contributed by atoms with Crippen molar-refractivity contribution in [3.63, 3.8) is 0 Å². The third-order valence-corrected chi connectivity index (χ3v) is 6.80. The lowest BCUT2D eigenvalue weighted by atomic mass is 9.82. The summed E-state index contributed by atoms with van der Waals surface area (Å²) in [6, 6.07) is 16.4. The van der Waals surface area contributed by atoms with Crippen molar-refractivity contribution < 1.29 is 14.3 Å². The molecule has 1 fully saturated rings. The highest BCUT2D eigenvalue weighted by Crippen LogP contribution is 2.34. The summed E-state index contributed by atoms with van der Waals surface area (Å²) < 4.78 is 10.9. The fraction of sp³-hybridized carbons (Fsp3) is 0.346. The fourth-order valence-corrected chi connectivity index (χ4v) is 4.95. The molecule has 33 heavy (non-hydrogen) atoms. The maximum atomic E-state index is 12.7. The number of fused-ring (bicyclic) bond motifs is 2. The Balaban J connectivity index is 1.12. The van der Waals surface area contributed by atoms with E-state index in [0.29, 0.717) is 18.8 Å². The predicted octanol–water partition coefficient (Wildman–Crippen LogP) is 3.44. The van der Waals surface area contributed by atoms with Crippen LogP contribution in [0, 0.1) is 0 Å². The van der Waals surface area contributed by atoms with Gasteiger partial charge in [-0.2, -0.15) is 0 Å². The number of ether oxygens (including phenoxy) is 2. The van der Waals surface area contributed by atoms with Crippen molar-refractivity contribution in [1.82, 2.24) is 14.9 Å². The first kappa shape index (κ1) is 20.2. The number of Topliss-reactive ketones (excluding diaryl/α,β-unsaturated/α-hetero) is 1. The summed E-state index contributed by atoms with van der Waals surface area (Å²) in [5, 5.41) is 0. The van der Waals surface area contributed by atoms with Gasteiger partial charge in [-0.15, -0.1) is 0 Å². The molecule has 1 aliphatic carbocycles. The summed E-state index contributed by atoms with van der Waals surface area (Å²) in [7, 11) is 0. The first-order valence-corrected chi connectivity index (χ1v) is 11.5. The van der Waals surface area contributed by atoms with E-state index < -0.39 is 0 Å². The lowest BCUT2D eigenvalue weighted by Crippen LogP contribution is -2.46. The largest absolute Gasteiger partial charge is 0.454 e. The van der Waals surface area contributed by atoms with E-state index in [1.807, 2.05) is 24.3 Å². The van der Waals surface area contributed by atoms with Crippen molar-refractivity contribution >= 4 is 11.7 Å². The summed E-state index contributed by atoms with van der Waals surface area (Å²) in [5.74, 6) is 2.72. The van der Waals surface area contributed by atoms with Crippen molar-refractivity contribution in [3.8, 4) is 11.5 Å². The molecule has 1 saturated heterocycles. The molecular weight excluding hydrogens is 416 g/mol. The molecule has 0 saturated carbocycles. The molecule has 3 aromatic rings. The van der Waals surface area contributed by atoms with Crippen LogP contribution in [0.1, 0.15) is 39.5 Å². The van der Waals surface area contributed by atoms with Crippen molar-refractivity contribution in [3.05, 3.63) is 77.1 Å². The van der Waals surface area contributed by atoms with Crippen LogP contribution in [0.2, 0.25) is 0 Å². The van der Waals surface area contributed by atoms with E-state index in [9.17, 15) is 4.79 Å². The topological polar surface area (TPSA) is 67.8 Å². The molecule has 168 valence electrons. The normalized spacial score (nSPS) is 20.1. The van der Waals surface area contributed by atoms with Gasteiger partial charge in [0.15, 0.2) is 17.3 Å². The molecule has 0 radical (unpaired) electrons. The van der Waals surface area contributed by atoms with Gasteiger partial charge in [0.25, 0.3) is 0 Å². The maximum absolute atomic E-state index is 12.7. The van der Waals surface area contributed by atoms with Crippen molar-refractivity contribution in [2.75, 3.05) is 37.9 Å². The molecule has 2 aliphatic heterocycles. The van der Waals surface area contributed by atoms with Gasteiger partial charge < -0.3 is 14.4 Å². The highest BCUT2D eigenvalue weighted by atomic mass is 16.7. The summed E-state index contributed by atoms with van der Waals surface area (Å²) >= 11 is 0. The number of nitrogens with zero attached hydrogens (tertiary/aromatic N) is 4. The van der Waals surface area contributed by atoms with Gasteiger partial charge in [-0.3, -0.25) is 9.69 Å². The van der Waals surface area contributed by atoms with E-state index in [1.54, 1.807) is 6.20 Å². The molecule has 0 bridgehead atoms. The van der Waals surface area contributed by atoms with E-state index in [0.717, 1.165) is 62.3 Å². The predicted molar refractivity (Wildman–Crippen MR) is 124 cm³/mol. The van der Waals surface area contributed by atoms with Crippen molar-refractivity contribution in [1.29, 1.82) is 0 Å². The average molecular weight is 443 g/mol. The van der Waals surface area contributed by atoms with Crippen LogP contribution in [-0.2, 0) is 13.0 Å². The first-order valence-electron chi connectivity index (χ1n) is 11.5. The Morgan fingerprint density at radius 1 is 0.939 bits per heavy atom. The van der Waals surface area contributed by atoms with Crippen molar-refractivity contribution in [2.45, 2.75) is 25.3 Å². The molecule has 3 heterocycles. The van der Waals surface area contributed by atoms with Crippen LogP contribution in [0.3, 0.4) is 0 Å². The van der Waals surface area contributed by atoms with Crippen LogP contribution < -0.4 is 14.4 Å². The number of ketones is 1. The summed E-state index contributed by atoms with van der Waals surface area (Å²) in [6.45, 7) is 4.76. The standard InChI is InChI=1S/C26H26N4O3/c31-23-14-20(19-4-2-1-3-5-19)13-22-21(23)15-27-26(28-22)30-10-8-29(9-11-30)16-18-6-7-24-25(12-18)33-17-32-24/h1-7,12,15,20H,8-11,13-14,16-17H2. The van der Waals surface area contributed by atoms with Gasteiger partial charge >= 0.3 is 0 Å². The van der Waals surface area contributed by atoms with Gasteiger partial charge in [0.2, 0.25) is 12.7 Å². The molecule has 1 aromatic heterocycles. The number of benzene rings is 2. The Kier molecular flexibility index (Phi) is 5.19. The molecule has 7 nitrogen and oxygen atoms in total. The zero-order valence-electron chi connectivity index (χ0n) is 18.4. The fourth-order valence-electron chi connectivity index (χ4n) is 4.95. The Morgan fingerprint density at radius 3 is 2.61 bits per heavy atom. The highest BCUT2D eigenvalue weighted by Gasteiger charge is 2.29. The van der Waals surface area contributed by atoms with Crippen LogP contribution >= 0.6 is 0 Å². The number of hydrogen-bond acceptors (Lipinski definition) is 7. The van der Waals surface area contributed by atoms with Gasteiger partial charge in [0, 0.05) is 45.3 Å². The van der Waals surface area contributed by atoms with E-state index in [4.69, 9.17) is 14.5 Å². The van der Waals surface area contributed by atoms with Gasteiger partial charge in [0.05, 0.1) is 11.3 Å². The van der Waals surface area contributed by atoms with E-state index >= 15 is 0 Å². The lowest BCUT2D eigenvalue weighted by molar-refractivity contribution is 0.0962. The quantitative estimate of drug-likeness (QED) is 0.613. The third-order valence-electron chi connectivity index (χ3n) is 6.80. The van der Waals surface area contributed by atoms with Crippen LogP contribution in [0.15, 0.2) is 54.7 Å². The smallest absolute Gasteiger partial charge is 0.231 e. The molecule has 7 heteroatoms. The number of anilines is 1. The summed E-state index contributed by atoms with van der Waals surface area (Å²) in [6.07, 6.45) is 3.04. The minimum absolute atomic E-state index is 0.144. The second-order valence-corrected chi connectivity index (χ2v) is 8.92. The monoisotopic (exact) mass is 442 g/mol. The summed E-state index contributed by atoms with van der Waals surface area (Å²) in [5.41, 5.74) is 4.00. The van der Waals surface area contributed by atoms with E-state index in [2.05, 4.69) is 39.0 Å². The van der Waals surface area contributed by atoms with Gasteiger partial charge in [-0.25, -0.2) is 9.97 Å². The molecular formula is C26H26N4O3. The van der Waals surface area contributed by atoms with Crippen LogP contribution in [0.4, 0.5) is 5.95 Å². The van der Waals surface area contributed by atoms with Gasteiger partial charge in [0.1, 0.15) is 0 Å². The van der Waals surface area contributed by atoms with E-state index in [-0.39, 0.29) is 11.7 Å². The second-order valence-electron chi connectivity index (χ2n) is 8.92. The Morgan fingerprint density at radius 2 is 1.76 bits per heavy atom. The Bertz CT molecular complexity index is 1180. The zero-order chi connectivity index (χ0) is 22.2. The van der Waals surface area contributed by atoms with Gasteiger partial charge in [-0.1, -0.05) is 36.4 Å². The second kappa shape index (κ2) is 8.48. The summed E-state index contributed by atoms with van der Waals surface area (Å²) in [4.78, 5) is 26.8. The third kappa shape index (κ3) is 4.04. The number of rotatable bonds is 4. The highest BCUT2D eigenvalue weighted by molar-refractivity contribution is 5.98. The molecule has 6 rings (SSSR count). The minimum Gasteiger partial charge on any atom is -0.454 e. The molecule has 1 unspecified atom stereocenters. The maximum Gasteiger partial charge on any atom is 0.231 e. The van der Waals surface area contributed by atoms with Crippen LogP contribution in [0.5, 0.6) is 11.5 Å². The van der Waals surface area contributed by atoms with Crippen molar-refractivity contribution in [2.24, 2.45) is 0 Å². The molecule has 3 aliphatic rings. The molecule has 2 aromatic carbocycles. The first-order chi connectivity index (χ1) is 16.2. The molecule has 0 amide bonds. The number of piperazine rings is 1. The molecule has 1 atom stereocenters. The zero-order valence-corrected chi connectivity index (χ0v) is 18.4. The Hall–Kier alpha value is -3.45. The van der Waals surface area contributed by atoms with Crippen LogP contribution in [0.25, 0.3) is 0 Å². The number of aromatic nitrogens is 2. The number of carbonyl (C=O) groups is 1. The number of carbonyl (C=O) groups excluding carboxylic acids is 1. The average Bonchev–Trinajstić information content (AvgIpc) is 3.33. The number of hydrogen-bond donors (Lipinski definition) is 0. The van der Waals surface area contributed by atoms with E-state index in [1.165, 1.54) is 11.1 Å². The van der Waals surface area contributed by atoms with Crippen LogP contribution in [-0.4, -0.2) is 53.6 Å². The lowest BCUT2D eigenvalue weighted by Gasteiger charge is -2.35. The minimum atomic E-state index is 0.144. The molecule has 0 spiro atoms. The van der Waals surface area contributed by atoms with Gasteiger partial charge in [-0.05, 0) is 35.6 Å². The Labute approximate surface area is 193 Å².